The van der Waals surface area contributed by atoms with Gasteiger partial charge in [0, 0.05) is 5.56 Å². The molecule has 96 valence electrons. The van der Waals surface area contributed by atoms with Crippen LogP contribution in [0, 0.1) is 10.1 Å². The summed E-state index contributed by atoms with van der Waals surface area (Å²) in [7, 11) is 1.26. The molecule has 0 saturated heterocycles. The van der Waals surface area contributed by atoms with Gasteiger partial charge in [-0.25, -0.2) is 0 Å². The molecule has 8 nitrogen and oxygen atoms in total. The maximum absolute atomic E-state index is 10.8. The summed E-state index contributed by atoms with van der Waals surface area (Å²) in [6.45, 7) is 0. The highest BCUT2D eigenvalue weighted by Crippen LogP contribution is 2.30. The summed E-state index contributed by atoms with van der Waals surface area (Å²) in [5.41, 5.74) is -1.21. The largest absolute Gasteiger partial charge is 0.549 e. The van der Waals surface area contributed by atoms with Crippen LogP contribution in [0.1, 0.15) is 11.5 Å². The fourth-order valence-corrected chi connectivity index (χ4v) is 1.40. The molecule has 0 unspecified atom stereocenters. The lowest BCUT2D eigenvalue weighted by molar-refractivity contribution is -0.386. The summed E-state index contributed by atoms with van der Waals surface area (Å²) in [6, 6.07) is 3.11. The summed E-state index contributed by atoms with van der Waals surface area (Å²) in [6.07, 6.45) is 0. The smallest absolute Gasteiger partial charge is 0.277 e. The molecule has 8 heteroatoms. The number of carboxylic acids is 2. The first-order chi connectivity index (χ1) is 8.38. The number of ether oxygens (including phenoxy) is 1. The van der Waals surface area contributed by atoms with Gasteiger partial charge in [-0.15, -0.1) is 0 Å². The molecular weight excluding hydrogens is 246 g/mol. The lowest BCUT2D eigenvalue weighted by Crippen LogP contribution is -2.41. The first-order valence-corrected chi connectivity index (χ1v) is 4.62. The van der Waals surface area contributed by atoms with Crippen molar-refractivity contribution in [3.8, 4) is 5.75 Å². The van der Waals surface area contributed by atoms with Crippen molar-refractivity contribution in [1.29, 1.82) is 0 Å². The highest BCUT2D eigenvalue weighted by molar-refractivity contribution is 5.98. The minimum atomic E-state index is -2.21. The van der Waals surface area contributed by atoms with Gasteiger partial charge < -0.3 is 24.5 Å². The van der Waals surface area contributed by atoms with E-state index in [0.29, 0.717) is 0 Å². The Hall–Kier alpha value is -2.64. The van der Waals surface area contributed by atoms with Crippen LogP contribution in [0.3, 0.4) is 0 Å². The number of nitrogens with zero attached hydrogens (tertiary/aromatic N) is 1. The Labute approximate surface area is 101 Å². The van der Waals surface area contributed by atoms with Crippen molar-refractivity contribution in [2.75, 3.05) is 7.11 Å². The lowest BCUT2D eigenvalue weighted by Gasteiger charge is -2.19. The SMILES string of the molecule is COc1ccc(C(C(=O)[O-])C(=O)[O-])c([N+](=O)[O-])c1. The zero-order valence-electron chi connectivity index (χ0n) is 9.11. The van der Waals surface area contributed by atoms with Crippen LogP contribution in [0.5, 0.6) is 5.75 Å². The fraction of sp³-hybridized carbons (Fsp3) is 0.200. The van der Waals surface area contributed by atoms with Gasteiger partial charge in [0.1, 0.15) is 5.75 Å². The van der Waals surface area contributed by atoms with Crippen molar-refractivity contribution in [3.63, 3.8) is 0 Å². The molecule has 0 radical (unpaired) electrons. The van der Waals surface area contributed by atoms with Crippen LogP contribution in [0.4, 0.5) is 5.69 Å². The number of benzene rings is 1. The third-order valence-corrected chi connectivity index (χ3v) is 2.22. The van der Waals surface area contributed by atoms with Gasteiger partial charge in [-0.3, -0.25) is 10.1 Å². The molecule has 0 amide bonds. The molecule has 0 N–H and O–H groups in total. The molecule has 1 rings (SSSR count). The second kappa shape index (κ2) is 5.13. The Morgan fingerprint density at radius 1 is 1.28 bits per heavy atom. The number of hydrogen-bond donors (Lipinski definition) is 0. The van der Waals surface area contributed by atoms with Gasteiger partial charge in [0.25, 0.3) is 5.69 Å². The number of hydrogen-bond acceptors (Lipinski definition) is 7. The van der Waals surface area contributed by atoms with Gasteiger partial charge in [-0.05, 0) is 12.1 Å². The van der Waals surface area contributed by atoms with Gasteiger partial charge in [0.05, 0.1) is 36.0 Å². The number of carboxylic acid groups (broad SMARTS) is 2. The molecule has 0 bridgehead atoms. The standard InChI is InChI=1S/C10H9NO7/c1-18-5-2-3-6(7(4-5)11(16)17)8(9(12)13)10(14)15/h2-4,8H,1H3,(H,12,13)(H,14,15)/p-2. The number of carbonyl (C=O) groups is 2. The highest BCUT2D eigenvalue weighted by Gasteiger charge is 2.24. The van der Waals surface area contributed by atoms with Gasteiger partial charge in [0.2, 0.25) is 0 Å². The summed E-state index contributed by atoms with van der Waals surface area (Å²) < 4.78 is 4.73. The van der Waals surface area contributed by atoms with Crippen LogP contribution >= 0.6 is 0 Å². The first-order valence-electron chi connectivity index (χ1n) is 4.62. The Kier molecular flexibility index (Phi) is 3.82. The second-order valence-corrected chi connectivity index (χ2v) is 3.25. The van der Waals surface area contributed by atoms with Crippen molar-refractivity contribution >= 4 is 17.6 Å². The van der Waals surface area contributed by atoms with Crippen molar-refractivity contribution in [3.05, 3.63) is 33.9 Å². The fourth-order valence-electron chi connectivity index (χ4n) is 1.40. The monoisotopic (exact) mass is 253 g/mol. The summed E-state index contributed by atoms with van der Waals surface area (Å²) >= 11 is 0. The average Bonchev–Trinajstić information content (AvgIpc) is 2.28. The van der Waals surface area contributed by atoms with Crippen molar-refractivity contribution in [2.45, 2.75) is 5.92 Å². The Morgan fingerprint density at radius 2 is 1.83 bits per heavy atom. The quantitative estimate of drug-likeness (QED) is 0.343. The van der Waals surface area contributed by atoms with Crippen molar-refractivity contribution < 1.29 is 29.5 Å². The van der Waals surface area contributed by atoms with Crippen molar-refractivity contribution in [1.82, 2.24) is 0 Å². The Bertz CT molecular complexity index is 497. The number of nitro benzene ring substituents is 1. The highest BCUT2D eigenvalue weighted by atomic mass is 16.6. The van der Waals surface area contributed by atoms with Gasteiger partial charge in [-0.1, -0.05) is 0 Å². The molecule has 1 aromatic rings. The molecule has 0 aliphatic carbocycles. The van der Waals surface area contributed by atoms with E-state index < -0.39 is 34.0 Å². The van der Waals surface area contributed by atoms with Gasteiger partial charge in [0.15, 0.2) is 0 Å². The van der Waals surface area contributed by atoms with E-state index in [-0.39, 0.29) is 5.75 Å². The molecule has 0 aliphatic heterocycles. The van der Waals surface area contributed by atoms with E-state index in [0.717, 1.165) is 12.1 Å². The molecule has 0 fully saturated rings. The third-order valence-electron chi connectivity index (χ3n) is 2.22. The summed E-state index contributed by atoms with van der Waals surface area (Å²) in [4.78, 5) is 31.2. The molecule has 0 spiro atoms. The molecule has 0 saturated carbocycles. The van der Waals surface area contributed by atoms with E-state index >= 15 is 0 Å². The number of methoxy groups -OCH3 is 1. The molecule has 0 aromatic heterocycles. The Morgan fingerprint density at radius 3 is 2.22 bits per heavy atom. The molecule has 1 aromatic carbocycles. The van der Waals surface area contributed by atoms with Gasteiger partial charge >= 0.3 is 0 Å². The second-order valence-electron chi connectivity index (χ2n) is 3.25. The first kappa shape index (κ1) is 13.4. The van der Waals surface area contributed by atoms with E-state index in [2.05, 4.69) is 0 Å². The number of rotatable bonds is 5. The maximum Gasteiger partial charge on any atom is 0.277 e. The molecule has 18 heavy (non-hydrogen) atoms. The van der Waals surface area contributed by atoms with E-state index in [1.165, 1.54) is 13.2 Å². The molecule has 0 aliphatic rings. The van der Waals surface area contributed by atoms with E-state index in [1.807, 2.05) is 0 Å². The molecular formula is C10H7NO7-2. The van der Waals surface area contributed by atoms with E-state index in [4.69, 9.17) is 4.74 Å². The van der Waals surface area contributed by atoms with E-state index in [9.17, 15) is 29.9 Å². The minimum absolute atomic E-state index is 0.0981. The lowest BCUT2D eigenvalue weighted by atomic mass is 9.97. The predicted octanol–water partition coefficient (Wildman–Crippen LogP) is -1.81. The topological polar surface area (TPSA) is 133 Å². The maximum atomic E-state index is 10.8. The predicted molar refractivity (Wildman–Crippen MR) is 52.4 cm³/mol. The zero-order valence-corrected chi connectivity index (χ0v) is 9.11. The van der Waals surface area contributed by atoms with Crippen LogP contribution in [-0.4, -0.2) is 24.0 Å². The van der Waals surface area contributed by atoms with Crippen LogP contribution in [-0.2, 0) is 9.59 Å². The molecule has 0 atom stereocenters. The van der Waals surface area contributed by atoms with Crippen LogP contribution < -0.4 is 14.9 Å². The van der Waals surface area contributed by atoms with Crippen LogP contribution in [0.15, 0.2) is 18.2 Å². The third kappa shape index (κ3) is 2.54. The van der Waals surface area contributed by atoms with Crippen LogP contribution in [0.25, 0.3) is 0 Å². The summed E-state index contributed by atoms with van der Waals surface area (Å²) in [5.74, 6) is -6.08. The summed E-state index contributed by atoms with van der Waals surface area (Å²) in [5, 5.41) is 32.1. The normalized spacial score (nSPS) is 10.1. The van der Waals surface area contributed by atoms with Crippen LogP contribution in [0.2, 0.25) is 0 Å². The van der Waals surface area contributed by atoms with Gasteiger partial charge in [-0.2, -0.15) is 0 Å². The number of nitro groups is 1. The van der Waals surface area contributed by atoms with E-state index in [1.54, 1.807) is 0 Å². The minimum Gasteiger partial charge on any atom is -0.549 e. The number of aliphatic carboxylic acids is 2. The molecule has 0 heterocycles. The van der Waals surface area contributed by atoms with Crippen molar-refractivity contribution in [2.24, 2.45) is 0 Å². The average molecular weight is 253 g/mol. The zero-order chi connectivity index (χ0) is 13.9. The Balaban J connectivity index is 3.42. The number of carbonyl (C=O) groups excluding carboxylic acids is 2.